The molecule has 2 aliphatic heterocycles. The number of benzene rings is 9. The number of hydrogen-bond donors (Lipinski definition) is 0. The third kappa shape index (κ3) is 10.6. The van der Waals surface area contributed by atoms with Gasteiger partial charge in [0.1, 0.15) is 13.9 Å². The molecular weight excluding hydrogens is 1210 g/mol. The first-order valence-electron chi connectivity index (χ1n) is 28.8. The molecule has 3 heterocycles. The average molecular weight is 1280 g/mol. The van der Waals surface area contributed by atoms with Gasteiger partial charge in [-0.15, -0.1) is 47.9 Å². The van der Waals surface area contributed by atoms with Crippen molar-refractivity contribution >= 4 is 68.8 Å². The van der Waals surface area contributed by atoms with Crippen molar-refractivity contribution in [2.45, 2.75) is 105 Å². The molecule has 10 aromatic rings. The second kappa shape index (κ2) is 21.8. The van der Waals surface area contributed by atoms with Crippen LogP contribution in [0.4, 0.5) is 39.9 Å². The SMILES string of the molecule is CC(C)(C)c1cccc(-c2cccc(-c3cc(C(C)(C)C)cc(C(C)(C)C)c3)c2N2[CH-]N(c3[c-]c(Oc4[c-]c5c(cc4)[Si](c4ccccc4)(c4ccccc4)c4ccccc4N5c4cc(C(C)(C)C)ccn4)ccc3)c3ccccc32)c1.[Pt]. The Kier molecular flexibility index (Phi) is 15.0. The molecule has 420 valence electrons. The maximum absolute atomic E-state index is 7.05. The summed E-state index contributed by atoms with van der Waals surface area (Å²) in [5.41, 5.74) is 15.6. The molecule has 0 fully saturated rings. The van der Waals surface area contributed by atoms with Gasteiger partial charge < -0.3 is 19.4 Å². The van der Waals surface area contributed by atoms with Gasteiger partial charge in [-0.2, -0.15) is 12.1 Å². The molecule has 0 atom stereocenters. The summed E-state index contributed by atoms with van der Waals surface area (Å²) < 4.78 is 7.05. The number of aromatic nitrogens is 1. The van der Waals surface area contributed by atoms with Gasteiger partial charge in [0.05, 0.1) is 0 Å². The molecule has 0 spiro atoms. The van der Waals surface area contributed by atoms with Crippen molar-refractivity contribution in [1.29, 1.82) is 0 Å². The van der Waals surface area contributed by atoms with Gasteiger partial charge >= 0.3 is 0 Å². The standard InChI is InChI=1S/C76H73N4OSi.Pt/c1-73(2,3)54-27-23-26-52(44-54)63-34-25-35-64(53-45-56(75(7,8)9)47-57(46-53)76(10,11)12)72(63)79-51-78(65-36-19-20-37-66(65)79)58-28-24-29-59(49-58)81-60-40-41-70-68(50-60)80(71-48-55(42-43-77-71)74(4,5)6)67-38-21-22-39-69(67)82(70,61-30-15-13-16-31-61)62-32-17-14-18-33-62;/h13-48,51H,1-12H3;/q-3;. The number of rotatable bonds is 9. The Morgan fingerprint density at radius 3 is 1.57 bits per heavy atom. The summed E-state index contributed by atoms with van der Waals surface area (Å²) in [5, 5.41) is 5.10. The van der Waals surface area contributed by atoms with Gasteiger partial charge in [0.15, 0.2) is 0 Å². The van der Waals surface area contributed by atoms with Crippen molar-refractivity contribution in [3.63, 3.8) is 0 Å². The first-order chi connectivity index (χ1) is 39.2. The first kappa shape index (κ1) is 57.1. The summed E-state index contributed by atoms with van der Waals surface area (Å²) in [5.74, 6) is 2.00. The predicted octanol–water partition coefficient (Wildman–Crippen LogP) is 17.6. The van der Waals surface area contributed by atoms with Gasteiger partial charge in [-0.1, -0.05) is 251 Å². The van der Waals surface area contributed by atoms with Crippen LogP contribution in [-0.2, 0) is 42.7 Å². The van der Waals surface area contributed by atoms with Crippen LogP contribution in [0, 0.1) is 18.8 Å². The first-order valence-corrected chi connectivity index (χ1v) is 30.8. The molecule has 1 aromatic heterocycles. The van der Waals surface area contributed by atoms with Crippen LogP contribution in [0.15, 0.2) is 219 Å². The van der Waals surface area contributed by atoms with E-state index in [9.17, 15) is 0 Å². The van der Waals surface area contributed by atoms with E-state index in [1.165, 1.54) is 54.1 Å². The minimum absolute atomic E-state index is 0. The molecule has 0 saturated heterocycles. The zero-order valence-electron chi connectivity index (χ0n) is 49.9. The number of anilines is 7. The summed E-state index contributed by atoms with van der Waals surface area (Å²) in [4.78, 5) is 12.1. The van der Waals surface area contributed by atoms with E-state index in [-0.39, 0.29) is 42.7 Å². The summed E-state index contributed by atoms with van der Waals surface area (Å²) in [6.45, 7) is 29.8. The quantitative estimate of drug-likeness (QED) is 0.106. The van der Waals surface area contributed by atoms with Crippen LogP contribution in [0.3, 0.4) is 0 Å². The number of nitrogens with zero attached hydrogens (tertiary/aromatic N) is 4. The molecule has 0 aliphatic carbocycles. The second-order valence-corrected chi connectivity index (χ2v) is 30.0. The Bertz CT molecular complexity index is 3940. The van der Waals surface area contributed by atoms with Gasteiger partial charge in [-0.25, -0.2) is 4.98 Å². The molecule has 0 saturated carbocycles. The van der Waals surface area contributed by atoms with Crippen LogP contribution < -0.4 is 40.2 Å². The Balaban J connectivity index is 0.00000721. The van der Waals surface area contributed by atoms with E-state index in [1.54, 1.807) is 0 Å². The zero-order valence-corrected chi connectivity index (χ0v) is 53.1. The fraction of sp³-hybridized carbons (Fsp3) is 0.211. The maximum atomic E-state index is 7.05. The third-order valence-corrected chi connectivity index (χ3v) is 21.3. The molecule has 0 bridgehead atoms. The fourth-order valence-corrected chi connectivity index (χ4v) is 17.0. The Hall–Kier alpha value is -7.76. The average Bonchev–Trinajstić information content (AvgIpc) is 2.00. The molecular formula is C76H73N4OPtSi-3. The van der Waals surface area contributed by atoms with E-state index >= 15 is 0 Å². The van der Waals surface area contributed by atoms with Crippen molar-refractivity contribution in [2.24, 2.45) is 0 Å². The van der Waals surface area contributed by atoms with Crippen molar-refractivity contribution in [3.8, 4) is 33.8 Å². The molecule has 0 amide bonds. The minimum atomic E-state index is -2.98. The molecule has 7 heteroatoms. The second-order valence-electron chi connectivity index (χ2n) is 26.3. The zero-order chi connectivity index (χ0) is 57.3. The third-order valence-electron chi connectivity index (χ3n) is 16.5. The number of fused-ring (bicyclic) bond motifs is 3. The van der Waals surface area contributed by atoms with E-state index in [4.69, 9.17) is 9.72 Å². The Morgan fingerprint density at radius 1 is 0.422 bits per heavy atom. The van der Waals surface area contributed by atoms with Crippen molar-refractivity contribution < 1.29 is 25.8 Å². The van der Waals surface area contributed by atoms with E-state index in [2.05, 4.69) is 323 Å². The molecule has 5 nitrogen and oxygen atoms in total. The Morgan fingerprint density at radius 2 is 0.940 bits per heavy atom. The molecule has 2 aliphatic rings. The van der Waals surface area contributed by atoms with Gasteiger partial charge in [0, 0.05) is 72.6 Å². The van der Waals surface area contributed by atoms with Gasteiger partial charge in [0.2, 0.25) is 0 Å². The van der Waals surface area contributed by atoms with E-state index < -0.39 is 8.07 Å². The largest absolute Gasteiger partial charge is 0.509 e. The van der Waals surface area contributed by atoms with Crippen LogP contribution in [0.2, 0.25) is 0 Å². The number of pyridine rings is 1. The van der Waals surface area contributed by atoms with Gasteiger partial charge in [-0.3, -0.25) is 0 Å². The normalized spacial score (nSPS) is 13.9. The topological polar surface area (TPSA) is 31.8 Å². The molecule has 9 aromatic carbocycles. The van der Waals surface area contributed by atoms with Crippen LogP contribution in [-0.4, -0.2) is 13.1 Å². The summed E-state index contributed by atoms with van der Waals surface area (Å²) in [6.07, 6.45) is 1.94. The van der Waals surface area contributed by atoms with Crippen molar-refractivity contribution in [2.75, 3.05) is 14.7 Å². The molecule has 0 radical (unpaired) electrons. The molecule has 12 rings (SSSR count). The van der Waals surface area contributed by atoms with Gasteiger partial charge in [0.25, 0.3) is 0 Å². The maximum Gasteiger partial charge on any atom is 0.135 e. The number of hydrogen-bond acceptors (Lipinski definition) is 5. The van der Waals surface area contributed by atoms with Crippen LogP contribution in [0.5, 0.6) is 11.5 Å². The van der Waals surface area contributed by atoms with Crippen molar-refractivity contribution in [1.82, 2.24) is 4.98 Å². The van der Waals surface area contributed by atoms with Crippen LogP contribution >= 0.6 is 0 Å². The summed E-state index contributed by atoms with van der Waals surface area (Å²) in [6, 6.07) is 85.6. The van der Waals surface area contributed by atoms with Crippen LogP contribution in [0.25, 0.3) is 22.3 Å². The fourth-order valence-electron chi connectivity index (χ4n) is 12.0. The van der Waals surface area contributed by atoms with E-state index in [0.29, 0.717) is 11.5 Å². The molecule has 83 heavy (non-hydrogen) atoms. The van der Waals surface area contributed by atoms with Crippen molar-refractivity contribution in [3.05, 3.63) is 260 Å². The predicted molar refractivity (Wildman–Crippen MR) is 347 cm³/mol. The number of ether oxygens (including phenoxy) is 1. The summed E-state index contributed by atoms with van der Waals surface area (Å²) in [7, 11) is -2.98. The molecule has 0 unspecified atom stereocenters. The van der Waals surface area contributed by atoms with E-state index in [0.717, 1.165) is 51.1 Å². The van der Waals surface area contributed by atoms with Gasteiger partial charge in [-0.05, 0) is 90.6 Å². The van der Waals surface area contributed by atoms with Crippen LogP contribution in [0.1, 0.15) is 105 Å². The number of para-hydroxylation sites is 4. The Labute approximate surface area is 509 Å². The minimum Gasteiger partial charge on any atom is -0.509 e. The van der Waals surface area contributed by atoms with E-state index in [1.807, 2.05) is 12.3 Å². The monoisotopic (exact) mass is 1280 g/mol. The molecule has 0 N–H and O–H groups in total. The summed E-state index contributed by atoms with van der Waals surface area (Å²) >= 11 is 0. The smallest absolute Gasteiger partial charge is 0.135 e.